The van der Waals surface area contributed by atoms with Gasteiger partial charge in [-0.3, -0.25) is 0 Å². The summed E-state index contributed by atoms with van der Waals surface area (Å²) < 4.78 is 5.00. The Labute approximate surface area is 120 Å². The molecule has 6 heteroatoms. The van der Waals surface area contributed by atoms with Crippen molar-refractivity contribution in [2.24, 2.45) is 0 Å². The zero-order valence-electron chi connectivity index (χ0n) is 11.8. The average molecular weight is 290 g/mol. The quantitative estimate of drug-likeness (QED) is 0.660. The molecule has 1 aliphatic heterocycles. The number of ether oxygens (including phenoxy) is 1. The van der Waals surface area contributed by atoms with E-state index >= 15 is 0 Å². The lowest BCUT2D eigenvalue weighted by Gasteiger charge is -2.31. The lowest BCUT2D eigenvalue weighted by Crippen LogP contribution is -2.45. The number of nitrogens with zero attached hydrogens (tertiary/aromatic N) is 1. The van der Waals surface area contributed by atoms with Crippen molar-refractivity contribution in [3.8, 4) is 0 Å². The van der Waals surface area contributed by atoms with Gasteiger partial charge in [-0.15, -0.1) is 0 Å². The van der Waals surface area contributed by atoms with Gasteiger partial charge >= 0.3 is 6.09 Å². The molecule has 0 saturated carbocycles. The van der Waals surface area contributed by atoms with Crippen molar-refractivity contribution in [2.75, 3.05) is 44.4 Å². The van der Waals surface area contributed by atoms with Crippen LogP contribution in [0.1, 0.15) is 26.2 Å². The van der Waals surface area contributed by atoms with Gasteiger partial charge in [-0.25, -0.2) is 4.79 Å². The summed E-state index contributed by atoms with van der Waals surface area (Å²) in [6.45, 7) is 5.14. The van der Waals surface area contributed by atoms with E-state index in [1.54, 1.807) is 4.90 Å². The smallest absolute Gasteiger partial charge is 0.409 e. The third kappa shape index (κ3) is 7.03. The normalized spacial score (nSPS) is 16.6. The number of nitrogens with one attached hydrogen (secondary N) is 1. The van der Waals surface area contributed by atoms with Gasteiger partial charge in [0.25, 0.3) is 0 Å². The van der Waals surface area contributed by atoms with Crippen LogP contribution in [0.5, 0.6) is 0 Å². The number of aliphatic hydroxyl groups excluding tert-OH is 1. The summed E-state index contributed by atoms with van der Waals surface area (Å²) in [4.78, 5) is 13.3. The molecular formula is C13H26N2O3S. The van der Waals surface area contributed by atoms with Crippen molar-refractivity contribution in [3.05, 3.63) is 0 Å². The average Bonchev–Trinajstić information content (AvgIpc) is 2.43. The molecule has 0 aromatic heterocycles. The van der Waals surface area contributed by atoms with E-state index in [0.29, 0.717) is 12.6 Å². The number of hydrogen-bond acceptors (Lipinski definition) is 5. The Kier molecular flexibility index (Phi) is 9.03. The van der Waals surface area contributed by atoms with Crippen LogP contribution >= 0.6 is 11.8 Å². The second-order valence-corrected chi connectivity index (χ2v) is 5.83. The first-order valence-electron chi connectivity index (χ1n) is 7.11. The summed E-state index contributed by atoms with van der Waals surface area (Å²) in [5.74, 6) is 2.11. The lowest BCUT2D eigenvalue weighted by molar-refractivity contribution is 0.0953. The van der Waals surface area contributed by atoms with Crippen LogP contribution in [0.15, 0.2) is 0 Å². The first-order valence-corrected chi connectivity index (χ1v) is 8.27. The molecule has 1 aliphatic rings. The number of aliphatic hydroxyl groups is 1. The van der Waals surface area contributed by atoms with Crippen molar-refractivity contribution >= 4 is 17.9 Å². The Hall–Kier alpha value is -0.460. The SMILES string of the molecule is CCOC(=O)N1CCC(NCCSCCCO)CC1. The van der Waals surface area contributed by atoms with E-state index in [-0.39, 0.29) is 12.7 Å². The van der Waals surface area contributed by atoms with E-state index in [2.05, 4.69) is 5.32 Å². The topological polar surface area (TPSA) is 61.8 Å². The molecule has 1 saturated heterocycles. The predicted molar refractivity (Wildman–Crippen MR) is 78.6 cm³/mol. The summed E-state index contributed by atoms with van der Waals surface area (Å²) in [6, 6.07) is 0.518. The van der Waals surface area contributed by atoms with E-state index in [1.807, 2.05) is 18.7 Å². The maximum Gasteiger partial charge on any atom is 0.409 e. The van der Waals surface area contributed by atoms with Crippen molar-refractivity contribution in [1.29, 1.82) is 0 Å². The summed E-state index contributed by atoms with van der Waals surface area (Å²) in [5.41, 5.74) is 0. The highest BCUT2D eigenvalue weighted by Gasteiger charge is 2.22. The van der Waals surface area contributed by atoms with Crippen LogP contribution in [0, 0.1) is 0 Å². The summed E-state index contributed by atoms with van der Waals surface area (Å²) in [6.07, 6.45) is 2.70. The van der Waals surface area contributed by atoms with Crippen molar-refractivity contribution < 1.29 is 14.6 Å². The molecule has 1 amide bonds. The largest absolute Gasteiger partial charge is 0.450 e. The highest BCUT2D eigenvalue weighted by atomic mass is 32.2. The highest BCUT2D eigenvalue weighted by molar-refractivity contribution is 7.99. The van der Waals surface area contributed by atoms with Crippen LogP contribution in [-0.2, 0) is 4.74 Å². The molecule has 19 heavy (non-hydrogen) atoms. The Morgan fingerprint density at radius 3 is 2.79 bits per heavy atom. The van der Waals surface area contributed by atoms with Gasteiger partial charge in [-0.05, 0) is 31.9 Å². The summed E-state index contributed by atoms with van der Waals surface area (Å²) in [5, 5.41) is 12.2. The van der Waals surface area contributed by atoms with Gasteiger partial charge < -0.3 is 20.1 Å². The van der Waals surface area contributed by atoms with Gasteiger partial charge in [0, 0.05) is 38.0 Å². The molecule has 0 unspecified atom stereocenters. The van der Waals surface area contributed by atoms with Gasteiger partial charge in [0.05, 0.1) is 6.61 Å². The molecule has 5 nitrogen and oxygen atoms in total. The van der Waals surface area contributed by atoms with Crippen molar-refractivity contribution in [3.63, 3.8) is 0 Å². The van der Waals surface area contributed by atoms with Gasteiger partial charge in [-0.1, -0.05) is 0 Å². The predicted octanol–water partition coefficient (Wildman–Crippen LogP) is 1.31. The third-order valence-electron chi connectivity index (χ3n) is 3.15. The van der Waals surface area contributed by atoms with Gasteiger partial charge in [0.2, 0.25) is 0 Å². The molecule has 0 atom stereocenters. The van der Waals surface area contributed by atoms with E-state index in [9.17, 15) is 4.79 Å². The molecule has 0 spiro atoms. The monoisotopic (exact) mass is 290 g/mol. The van der Waals surface area contributed by atoms with Crippen LogP contribution in [-0.4, -0.2) is 66.5 Å². The Bertz CT molecular complexity index is 246. The molecule has 0 aromatic rings. The van der Waals surface area contributed by atoms with E-state index in [1.165, 1.54) is 0 Å². The molecule has 2 N–H and O–H groups in total. The third-order valence-corrected chi connectivity index (χ3v) is 4.22. The molecule has 0 radical (unpaired) electrons. The summed E-state index contributed by atoms with van der Waals surface area (Å²) >= 11 is 1.87. The second kappa shape index (κ2) is 10.3. The van der Waals surface area contributed by atoms with Gasteiger partial charge in [-0.2, -0.15) is 11.8 Å². The van der Waals surface area contributed by atoms with E-state index in [4.69, 9.17) is 9.84 Å². The standard InChI is InChI=1S/C13H26N2O3S/c1-2-18-13(17)15-7-4-12(5-8-15)14-6-11-19-10-3-9-16/h12,14,16H,2-11H2,1H3. The molecule has 0 aromatic carbocycles. The molecule has 1 fully saturated rings. The first-order chi connectivity index (χ1) is 9.27. The van der Waals surface area contributed by atoms with Crippen LogP contribution < -0.4 is 5.32 Å². The van der Waals surface area contributed by atoms with Crippen LogP contribution in [0.25, 0.3) is 0 Å². The van der Waals surface area contributed by atoms with E-state index < -0.39 is 0 Å². The zero-order valence-corrected chi connectivity index (χ0v) is 12.6. The fourth-order valence-corrected chi connectivity index (χ4v) is 2.88. The van der Waals surface area contributed by atoms with Crippen molar-refractivity contribution in [2.45, 2.75) is 32.2 Å². The van der Waals surface area contributed by atoms with Gasteiger partial charge in [0.1, 0.15) is 0 Å². The minimum Gasteiger partial charge on any atom is -0.450 e. The first kappa shape index (κ1) is 16.6. The maximum absolute atomic E-state index is 11.5. The molecule has 0 aliphatic carbocycles. The Balaban J connectivity index is 2.02. The fraction of sp³-hybridized carbons (Fsp3) is 0.923. The van der Waals surface area contributed by atoms with Crippen LogP contribution in [0.4, 0.5) is 4.79 Å². The highest BCUT2D eigenvalue weighted by Crippen LogP contribution is 2.11. The Morgan fingerprint density at radius 2 is 2.16 bits per heavy atom. The van der Waals surface area contributed by atoms with Crippen molar-refractivity contribution in [1.82, 2.24) is 10.2 Å². The maximum atomic E-state index is 11.5. The molecule has 1 heterocycles. The van der Waals surface area contributed by atoms with Crippen LogP contribution in [0.3, 0.4) is 0 Å². The fourth-order valence-electron chi connectivity index (χ4n) is 2.08. The number of piperidine rings is 1. The minimum absolute atomic E-state index is 0.180. The number of amides is 1. The zero-order chi connectivity index (χ0) is 13.9. The lowest BCUT2D eigenvalue weighted by atomic mass is 10.1. The minimum atomic E-state index is -0.180. The molecular weight excluding hydrogens is 264 g/mol. The molecule has 0 bridgehead atoms. The number of carbonyl (C=O) groups excluding carboxylic acids is 1. The number of rotatable bonds is 8. The number of carbonyl (C=O) groups is 1. The Morgan fingerprint density at radius 1 is 1.42 bits per heavy atom. The van der Waals surface area contributed by atoms with Gasteiger partial charge in [0.15, 0.2) is 0 Å². The van der Waals surface area contributed by atoms with E-state index in [0.717, 1.165) is 50.4 Å². The number of likely N-dealkylation sites (tertiary alicyclic amines) is 1. The van der Waals surface area contributed by atoms with Crippen LogP contribution in [0.2, 0.25) is 0 Å². The summed E-state index contributed by atoms with van der Waals surface area (Å²) in [7, 11) is 0. The number of thioether (sulfide) groups is 1. The number of hydrogen-bond donors (Lipinski definition) is 2. The molecule has 112 valence electrons. The second-order valence-electron chi connectivity index (χ2n) is 4.60. The molecule has 1 rings (SSSR count).